The van der Waals surface area contributed by atoms with E-state index in [1.807, 2.05) is 39.6 Å². The third-order valence-electron chi connectivity index (χ3n) is 2.41. The van der Waals surface area contributed by atoms with E-state index < -0.39 is 0 Å². The Hall–Kier alpha value is -1.06. The predicted molar refractivity (Wildman–Crippen MR) is 56.2 cm³/mol. The van der Waals surface area contributed by atoms with Crippen molar-refractivity contribution in [3.63, 3.8) is 0 Å². The van der Waals surface area contributed by atoms with Crippen molar-refractivity contribution in [1.29, 1.82) is 10.5 Å². The topological polar surface area (TPSA) is 50.8 Å². The number of nitrogens with zero attached hydrogens (tertiary/aromatic N) is 3. The van der Waals surface area contributed by atoms with Gasteiger partial charge in [0.25, 0.3) is 0 Å². The molecule has 3 nitrogen and oxygen atoms in total. The van der Waals surface area contributed by atoms with Crippen molar-refractivity contribution in [3.05, 3.63) is 0 Å². The Kier molecular flexibility index (Phi) is 5.20. The van der Waals surface area contributed by atoms with E-state index in [-0.39, 0.29) is 23.9 Å². The molecule has 0 rings (SSSR count). The average Bonchev–Trinajstić information content (AvgIpc) is 2.04. The Labute approximate surface area is 86.9 Å². The molecule has 2 atom stereocenters. The first-order valence-corrected chi connectivity index (χ1v) is 4.96. The van der Waals surface area contributed by atoms with Crippen molar-refractivity contribution < 1.29 is 0 Å². The number of hydrogen-bond acceptors (Lipinski definition) is 3. The highest BCUT2D eigenvalue weighted by Crippen LogP contribution is 2.16. The molecule has 0 amide bonds. The minimum Gasteiger partial charge on any atom is -0.275 e. The molecule has 0 bridgehead atoms. The third kappa shape index (κ3) is 3.01. The van der Waals surface area contributed by atoms with Gasteiger partial charge in [-0.1, -0.05) is 27.7 Å². The van der Waals surface area contributed by atoms with Crippen LogP contribution in [0.5, 0.6) is 0 Å². The van der Waals surface area contributed by atoms with Crippen molar-refractivity contribution in [2.45, 2.75) is 39.8 Å². The molecule has 3 heteroatoms. The molecule has 0 saturated carbocycles. The van der Waals surface area contributed by atoms with E-state index in [1.165, 1.54) is 0 Å². The van der Waals surface area contributed by atoms with Crippen LogP contribution in [0.15, 0.2) is 0 Å². The fourth-order valence-corrected chi connectivity index (χ4v) is 1.59. The lowest BCUT2D eigenvalue weighted by Crippen LogP contribution is -2.44. The van der Waals surface area contributed by atoms with E-state index in [1.54, 1.807) is 0 Å². The molecule has 0 aliphatic rings. The number of rotatable bonds is 4. The molecule has 0 fully saturated rings. The molecule has 14 heavy (non-hydrogen) atoms. The highest BCUT2D eigenvalue weighted by atomic mass is 15.2. The monoisotopic (exact) mass is 193 g/mol. The second-order valence-electron chi connectivity index (χ2n) is 4.30. The van der Waals surface area contributed by atoms with Gasteiger partial charge in [0.1, 0.15) is 12.1 Å². The van der Waals surface area contributed by atoms with Gasteiger partial charge in [-0.25, -0.2) is 0 Å². The lowest BCUT2D eigenvalue weighted by atomic mass is 9.98. The standard InChI is InChI=1S/C11H19N3/c1-8(2)10(6-12)14(5)11(7-13)9(3)4/h8-11H,1-5H3/t10-,11?/m1/s1. The van der Waals surface area contributed by atoms with E-state index in [9.17, 15) is 0 Å². The summed E-state index contributed by atoms with van der Waals surface area (Å²) in [4.78, 5) is 1.87. The van der Waals surface area contributed by atoms with Gasteiger partial charge in [-0.15, -0.1) is 0 Å². The summed E-state index contributed by atoms with van der Waals surface area (Å²) in [6, 6.07) is 4.13. The van der Waals surface area contributed by atoms with Gasteiger partial charge in [0.2, 0.25) is 0 Å². The fourth-order valence-electron chi connectivity index (χ4n) is 1.59. The molecule has 0 aromatic carbocycles. The van der Waals surface area contributed by atoms with Crippen LogP contribution in [0.25, 0.3) is 0 Å². The van der Waals surface area contributed by atoms with Gasteiger partial charge in [-0.05, 0) is 18.9 Å². The van der Waals surface area contributed by atoms with Crippen LogP contribution in [0.3, 0.4) is 0 Å². The fraction of sp³-hybridized carbons (Fsp3) is 0.818. The molecule has 0 saturated heterocycles. The molecule has 0 heterocycles. The molecule has 1 unspecified atom stereocenters. The van der Waals surface area contributed by atoms with Gasteiger partial charge in [0.15, 0.2) is 0 Å². The molecule has 0 aliphatic heterocycles. The summed E-state index contributed by atoms with van der Waals surface area (Å²) in [7, 11) is 1.85. The highest BCUT2D eigenvalue weighted by Gasteiger charge is 2.26. The maximum absolute atomic E-state index is 8.99. The second kappa shape index (κ2) is 5.62. The average molecular weight is 193 g/mol. The van der Waals surface area contributed by atoms with Gasteiger partial charge < -0.3 is 0 Å². The minimum absolute atomic E-state index is 0.179. The lowest BCUT2D eigenvalue weighted by Gasteiger charge is -2.31. The Bertz CT molecular complexity index is 218. The van der Waals surface area contributed by atoms with Crippen molar-refractivity contribution in [1.82, 2.24) is 4.90 Å². The molecule has 78 valence electrons. The lowest BCUT2D eigenvalue weighted by molar-refractivity contribution is 0.172. The van der Waals surface area contributed by atoms with Gasteiger partial charge in [0, 0.05) is 0 Å². The largest absolute Gasteiger partial charge is 0.275 e. The molecule has 0 aliphatic carbocycles. The maximum Gasteiger partial charge on any atom is 0.101 e. The SMILES string of the molecule is CC(C)C(C#N)N(C)[C@H](C#N)C(C)C. The Morgan fingerprint density at radius 1 is 0.857 bits per heavy atom. The van der Waals surface area contributed by atoms with Gasteiger partial charge in [-0.2, -0.15) is 10.5 Å². The van der Waals surface area contributed by atoms with Gasteiger partial charge in [-0.3, -0.25) is 4.90 Å². The summed E-state index contributed by atoms with van der Waals surface area (Å²) in [5.74, 6) is 0.499. The van der Waals surface area contributed by atoms with Crippen LogP contribution in [0.2, 0.25) is 0 Å². The van der Waals surface area contributed by atoms with Crippen LogP contribution in [-0.4, -0.2) is 24.0 Å². The summed E-state index contributed by atoms with van der Waals surface area (Å²) in [6.07, 6.45) is 0. The molecule has 0 spiro atoms. The zero-order chi connectivity index (χ0) is 11.3. The minimum atomic E-state index is -0.179. The molecule has 0 N–H and O–H groups in total. The van der Waals surface area contributed by atoms with Gasteiger partial charge >= 0.3 is 0 Å². The van der Waals surface area contributed by atoms with E-state index in [0.29, 0.717) is 0 Å². The third-order valence-corrected chi connectivity index (χ3v) is 2.41. The van der Waals surface area contributed by atoms with Crippen LogP contribution in [-0.2, 0) is 0 Å². The normalized spacial score (nSPS) is 15.3. The molecular formula is C11H19N3. The molecular weight excluding hydrogens is 174 g/mol. The van der Waals surface area contributed by atoms with Crippen molar-refractivity contribution in [3.8, 4) is 12.1 Å². The summed E-state index contributed by atoms with van der Waals surface area (Å²) < 4.78 is 0. The zero-order valence-electron chi connectivity index (χ0n) is 9.65. The second-order valence-corrected chi connectivity index (χ2v) is 4.30. The smallest absolute Gasteiger partial charge is 0.101 e. The summed E-state index contributed by atoms with van der Waals surface area (Å²) >= 11 is 0. The van der Waals surface area contributed by atoms with Crippen LogP contribution >= 0.6 is 0 Å². The van der Waals surface area contributed by atoms with E-state index in [0.717, 1.165) is 0 Å². The predicted octanol–water partition coefficient (Wildman–Crippen LogP) is 2.01. The molecule has 0 radical (unpaired) electrons. The Balaban J connectivity index is 4.66. The quantitative estimate of drug-likeness (QED) is 0.686. The van der Waals surface area contributed by atoms with E-state index in [2.05, 4.69) is 12.1 Å². The van der Waals surface area contributed by atoms with Gasteiger partial charge in [0.05, 0.1) is 12.1 Å². The van der Waals surface area contributed by atoms with Crippen molar-refractivity contribution in [2.75, 3.05) is 7.05 Å². The Morgan fingerprint density at radius 2 is 1.14 bits per heavy atom. The first-order chi connectivity index (χ1) is 6.45. The summed E-state index contributed by atoms with van der Waals surface area (Å²) in [6.45, 7) is 8.00. The zero-order valence-corrected chi connectivity index (χ0v) is 9.65. The van der Waals surface area contributed by atoms with Crippen LogP contribution < -0.4 is 0 Å². The maximum atomic E-state index is 8.99. The first-order valence-electron chi connectivity index (χ1n) is 4.96. The number of nitriles is 2. The van der Waals surface area contributed by atoms with Crippen LogP contribution in [0, 0.1) is 34.5 Å². The molecule has 0 aromatic heterocycles. The molecule has 0 aromatic rings. The summed E-state index contributed by atoms with van der Waals surface area (Å²) in [5.41, 5.74) is 0. The highest BCUT2D eigenvalue weighted by molar-refractivity contribution is 5.02. The first kappa shape index (κ1) is 12.9. The van der Waals surface area contributed by atoms with E-state index >= 15 is 0 Å². The van der Waals surface area contributed by atoms with Crippen molar-refractivity contribution >= 4 is 0 Å². The summed E-state index contributed by atoms with van der Waals surface area (Å²) in [5, 5.41) is 18.0. The van der Waals surface area contributed by atoms with E-state index in [4.69, 9.17) is 10.5 Å². The van der Waals surface area contributed by atoms with Crippen LogP contribution in [0.1, 0.15) is 27.7 Å². The van der Waals surface area contributed by atoms with Crippen molar-refractivity contribution in [2.24, 2.45) is 11.8 Å². The Morgan fingerprint density at radius 3 is 1.29 bits per heavy atom. The number of hydrogen-bond donors (Lipinski definition) is 0. The van der Waals surface area contributed by atoms with Crippen LogP contribution in [0.4, 0.5) is 0 Å².